The minimum Gasteiger partial charge on any atom is -0.497 e. The second kappa shape index (κ2) is 6.72. The van der Waals surface area contributed by atoms with E-state index in [9.17, 15) is 0 Å². The van der Waals surface area contributed by atoms with Crippen LogP contribution in [-0.4, -0.2) is 7.11 Å². The minimum atomic E-state index is -0.105. The number of aryl methyl sites for hydroxylation is 2. The highest BCUT2D eigenvalue weighted by molar-refractivity contribution is 5.85. The second-order valence-electron chi connectivity index (χ2n) is 6.72. The van der Waals surface area contributed by atoms with Crippen LogP contribution in [0.5, 0.6) is 11.5 Å². The first-order chi connectivity index (χ1) is 12.7. The maximum Gasteiger partial charge on any atom is 0.143 e. The zero-order valence-electron chi connectivity index (χ0n) is 15.3. The highest BCUT2D eigenvalue weighted by Crippen LogP contribution is 2.43. The Hall–Kier alpha value is -3.00. The quantitative estimate of drug-likeness (QED) is 0.592. The lowest BCUT2D eigenvalue weighted by Crippen LogP contribution is -2.13. The Balaban J connectivity index is 1.91. The van der Waals surface area contributed by atoms with Crippen LogP contribution >= 0.6 is 0 Å². The van der Waals surface area contributed by atoms with E-state index >= 15 is 0 Å². The number of ether oxygens (including phenoxy) is 2. The SMILES string of the molecule is COc1cccc(C2=CC(c3ccccc3)Oc3c(C)cc(C)cc32)c1. The van der Waals surface area contributed by atoms with Crippen molar-refractivity contribution in [3.8, 4) is 11.5 Å². The molecule has 1 heterocycles. The monoisotopic (exact) mass is 342 g/mol. The van der Waals surface area contributed by atoms with Crippen LogP contribution in [0.3, 0.4) is 0 Å². The fourth-order valence-electron chi connectivity index (χ4n) is 3.56. The Kier molecular flexibility index (Phi) is 4.26. The Labute approximate surface area is 154 Å². The molecule has 2 nitrogen and oxygen atoms in total. The van der Waals surface area contributed by atoms with E-state index in [1.165, 1.54) is 11.1 Å². The third kappa shape index (κ3) is 2.99. The minimum absolute atomic E-state index is 0.105. The summed E-state index contributed by atoms with van der Waals surface area (Å²) in [7, 11) is 1.70. The average Bonchev–Trinajstić information content (AvgIpc) is 2.68. The molecule has 1 unspecified atom stereocenters. The molecule has 1 atom stereocenters. The predicted molar refractivity (Wildman–Crippen MR) is 106 cm³/mol. The number of rotatable bonds is 3. The summed E-state index contributed by atoms with van der Waals surface area (Å²) < 4.78 is 11.8. The molecule has 3 aromatic carbocycles. The van der Waals surface area contributed by atoms with E-state index in [1.54, 1.807) is 7.11 Å². The van der Waals surface area contributed by atoms with Crippen LogP contribution in [0.15, 0.2) is 72.8 Å². The number of hydrogen-bond donors (Lipinski definition) is 0. The normalized spacial score (nSPS) is 15.7. The van der Waals surface area contributed by atoms with Gasteiger partial charge in [0.15, 0.2) is 0 Å². The summed E-state index contributed by atoms with van der Waals surface area (Å²) >= 11 is 0. The molecule has 0 saturated carbocycles. The fraction of sp³-hybridized carbons (Fsp3) is 0.167. The summed E-state index contributed by atoms with van der Waals surface area (Å²) in [5.41, 5.74) is 7.01. The van der Waals surface area contributed by atoms with Crippen LogP contribution in [0.2, 0.25) is 0 Å². The molecule has 130 valence electrons. The van der Waals surface area contributed by atoms with Crippen molar-refractivity contribution in [3.05, 3.63) is 101 Å². The summed E-state index contributed by atoms with van der Waals surface area (Å²) in [6, 6.07) is 22.9. The topological polar surface area (TPSA) is 18.5 Å². The molecule has 0 bridgehead atoms. The molecule has 0 saturated heterocycles. The van der Waals surface area contributed by atoms with Gasteiger partial charge in [0.2, 0.25) is 0 Å². The summed E-state index contributed by atoms with van der Waals surface area (Å²) in [5, 5.41) is 0. The maximum absolute atomic E-state index is 6.40. The van der Waals surface area contributed by atoms with Gasteiger partial charge in [0.25, 0.3) is 0 Å². The fourth-order valence-corrected chi connectivity index (χ4v) is 3.56. The van der Waals surface area contributed by atoms with Crippen LogP contribution in [0.1, 0.15) is 33.9 Å². The van der Waals surface area contributed by atoms with Gasteiger partial charge in [-0.1, -0.05) is 48.5 Å². The van der Waals surface area contributed by atoms with E-state index < -0.39 is 0 Å². The first kappa shape index (κ1) is 16.5. The molecule has 0 amide bonds. The van der Waals surface area contributed by atoms with Gasteiger partial charge in [-0.25, -0.2) is 0 Å². The van der Waals surface area contributed by atoms with Gasteiger partial charge in [0.05, 0.1) is 7.11 Å². The molecular weight excluding hydrogens is 320 g/mol. The Morgan fingerprint density at radius 1 is 0.885 bits per heavy atom. The molecule has 0 fully saturated rings. The molecule has 3 aromatic rings. The van der Waals surface area contributed by atoms with Gasteiger partial charge in [-0.3, -0.25) is 0 Å². The van der Waals surface area contributed by atoms with Crippen LogP contribution in [-0.2, 0) is 0 Å². The molecular formula is C24H22O2. The Morgan fingerprint density at radius 3 is 2.46 bits per heavy atom. The molecule has 0 N–H and O–H groups in total. The zero-order chi connectivity index (χ0) is 18.1. The van der Waals surface area contributed by atoms with Crippen molar-refractivity contribution in [2.24, 2.45) is 0 Å². The molecule has 2 heteroatoms. The first-order valence-corrected chi connectivity index (χ1v) is 8.85. The third-order valence-corrected chi connectivity index (χ3v) is 4.78. The van der Waals surface area contributed by atoms with Crippen LogP contribution in [0.4, 0.5) is 0 Å². The first-order valence-electron chi connectivity index (χ1n) is 8.85. The maximum atomic E-state index is 6.40. The van der Waals surface area contributed by atoms with Crippen molar-refractivity contribution in [1.29, 1.82) is 0 Å². The van der Waals surface area contributed by atoms with E-state index in [2.05, 4.69) is 68.5 Å². The molecule has 0 radical (unpaired) electrons. The van der Waals surface area contributed by atoms with E-state index in [-0.39, 0.29) is 6.10 Å². The third-order valence-electron chi connectivity index (χ3n) is 4.78. The molecule has 4 rings (SSSR count). The predicted octanol–water partition coefficient (Wildman–Crippen LogP) is 5.88. The second-order valence-corrected chi connectivity index (χ2v) is 6.72. The highest BCUT2D eigenvalue weighted by Gasteiger charge is 2.24. The van der Waals surface area contributed by atoms with Gasteiger partial charge in [-0.05, 0) is 65.9 Å². The van der Waals surface area contributed by atoms with Gasteiger partial charge in [-0.2, -0.15) is 0 Å². The van der Waals surface area contributed by atoms with Gasteiger partial charge in [0, 0.05) is 5.56 Å². The smallest absolute Gasteiger partial charge is 0.143 e. The highest BCUT2D eigenvalue weighted by atomic mass is 16.5. The van der Waals surface area contributed by atoms with E-state index in [0.29, 0.717) is 0 Å². The number of benzene rings is 3. The van der Waals surface area contributed by atoms with Crippen molar-refractivity contribution >= 4 is 5.57 Å². The summed E-state index contributed by atoms with van der Waals surface area (Å²) in [6.07, 6.45) is 2.11. The molecule has 1 aliphatic rings. The lowest BCUT2D eigenvalue weighted by atomic mass is 9.89. The lowest BCUT2D eigenvalue weighted by molar-refractivity contribution is 0.249. The number of hydrogen-bond acceptors (Lipinski definition) is 2. The Morgan fingerprint density at radius 2 is 1.69 bits per heavy atom. The molecule has 0 spiro atoms. The van der Waals surface area contributed by atoms with E-state index in [1.807, 2.05) is 18.2 Å². The number of fused-ring (bicyclic) bond motifs is 1. The molecule has 0 aliphatic carbocycles. The standard InChI is InChI=1S/C24H22O2/c1-16-12-17(2)24-22(13-16)21(19-10-7-11-20(14-19)25-3)15-23(26-24)18-8-5-4-6-9-18/h4-15,23H,1-3H3. The van der Waals surface area contributed by atoms with E-state index in [4.69, 9.17) is 9.47 Å². The summed E-state index contributed by atoms with van der Waals surface area (Å²) in [5.74, 6) is 1.82. The van der Waals surface area contributed by atoms with E-state index in [0.717, 1.165) is 33.8 Å². The van der Waals surface area contributed by atoms with Crippen molar-refractivity contribution in [2.45, 2.75) is 20.0 Å². The van der Waals surface area contributed by atoms with Crippen molar-refractivity contribution in [2.75, 3.05) is 7.11 Å². The number of methoxy groups -OCH3 is 1. The van der Waals surface area contributed by atoms with Crippen molar-refractivity contribution < 1.29 is 9.47 Å². The van der Waals surface area contributed by atoms with Crippen molar-refractivity contribution in [3.63, 3.8) is 0 Å². The van der Waals surface area contributed by atoms with Crippen LogP contribution in [0, 0.1) is 13.8 Å². The van der Waals surface area contributed by atoms with Crippen LogP contribution < -0.4 is 9.47 Å². The van der Waals surface area contributed by atoms with Gasteiger partial charge >= 0.3 is 0 Å². The molecule has 1 aliphatic heterocycles. The van der Waals surface area contributed by atoms with Crippen LogP contribution in [0.25, 0.3) is 5.57 Å². The average molecular weight is 342 g/mol. The summed E-state index contributed by atoms with van der Waals surface area (Å²) in [4.78, 5) is 0. The largest absolute Gasteiger partial charge is 0.497 e. The lowest BCUT2D eigenvalue weighted by Gasteiger charge is -2.28. The summed E-state index contributed by atoms with van der Waals surface area (Å²) in [6.45, 7) is 4.24. The molecule has 0 aromatic heterocycles. The van der Waals surface area contributed by atoms with Gasteiger partial charge < -0.3 is 9.47 Å². The van der Waals surface area contributed by atoms with Gasteiger partial charge in [0.1, 0.15) is 17.6 Å². The van der Waals surface area contributed by atoms with Gasteiger partial charge in [-0.15, -0.1) is 0 Å². The molecule has 26 heavy (non-hydrogen) atoms. The van der Waals surface area contributed by atoms with Crippen molar-refractivity contribution in [1.82, 2.24) is 0 Å². The Bertz CT molecular complexity index is 971. The zero-order valence-corrected chi connectivity index (χ0v) is 15.3.